The molecule has 1 unspecified atom stereocenters. The van der Waals surface area contributed by atoms with Gasteiger partial charge in [0.25, 0.3) is 5.91 Å². The van der Waals surface area contributed by atoms with Gasteiger partial charge in [-0.25, -0.2) is 0 Å². The van der Waals surface area contributed by atoms with Gasteiger partial charge in [-0.05, 0) is 96.2 Å². The van der Waals surface area contributed by atoms with Crippen LogP contribution in [-0.2, 0) is 26.1 Å². The second kappa shape index (κ2) is 43.0. The van der Waals surface area contributed by atoms with Gasteiger partial charge in [-0.15, -0.1) is 0 Å². The van der Waals surface area contributed by atoms with Gasteiger partial charge < -0.3 is 34.5 Å². The average molecular weight is 904 g/mol. The summed E-state index contributed by atoms with van der Waals surface area (Å²) in [4.78, 5) is 40.1. The maximum atomic E-state index is 12.9. The Morgan fingerprint density at radius 1 is 0.578 bits per heavy atom. The van der Waals surface area contributed by atoms with E-state index < -0.39 is 6.10 Å². The molecule has 0 aromatic carbocycles. The van der Waals surface area contributed by atoms with E-state index in [1.807, 2.05) is 0 Å². The number of esters is 2. The number of unbranched alkanes of at least 4 members (excludes halogenated alkanes) is 25. The summed E-state index contributed by atoms with van der Waals surface area (Å²) in [5.74, 6) is -0.266. The number of hydrogen-bond acceptors (Lipinski definition) is 8. The monoisotopic (exact) mass is 904 g/mol. The molecule has 0 aliphatic carbocycles. The molecule has 1 aromatic rings. The fraction of sp³-hybridized carbons (Fsp3) is 0.870. The number of carbonyl (C=O) groups excluding carboxylic acids is 3. The van der Waals surface area contributed by atoms with Gasteiger partial charge in [0.1, 0.15) is 11.8 Å². The Labute approximate surface area is 393 Å². The molecule has 0 radical (unpaired) electrons. The molecule has 10 nitrogen and oxygen atoms in total. The van der Waals surface area contributed by atoms with Crippen molar-refractivity contribution in [1.29, 1.82) is 0 Å². The molecule has 1 heterocycles. The van der Waals surface area contributed by atoms with E-state index in [4.69, 9.17) is 9.47 Å². The highest BCUT2D eigenvalue weighted by atomic mass is 16.5. The van der Waals surface area contributed by atoms with Crippen LogP contribution >= 0.6 is 0 Å². The van der Waals surface area contributed by atoms with Crippen molar-refractivity contribution in [3.8, 4) is 5.88 Å². The van der Waals surface area contributed by atoms with Crippen LogP contribution in [-0.4, -0.2) is 82.5 Å². The second-order valence-corrected chi connectivity index (χ2v) is 18.9. The highest BCUT2D eigenvalue weighted by Crippen LogP contribution is 2.19. The van der Waals surface area contributed by atoms with Crippen molar-refractivity contribution in [1.82, 2.24) is 14.8 Å². The van der Waals surface area contributed by atoms with Gasteiger partial charge >= 0.3 is 11.9 Å². The van der Waals surface area contributed by atoms with Crippen LogP contribution in [0.3, 0.4) is 0 Å². The van der Waals surface area contributed by atoms with Crippen LogP contribution < -0.4 is 5.32 Å². The first-order chi connectivity index (χ1) is 31.2. The van der Waals surface area contributed by atoms with E-state index in [2.05, 4.69) is 31.0 Å². The van der Waals surface area contributed by atoms with Crippen molar-refractivity contribution in [2.24, 2.45) is 7.05 Å². The summed E-state index contributed by atoms with van der Waals surface area (Å²) in [6.45, 7) is 10.2. The minimum Gasteiger partial charge on any atom is -0.494 e. The third kappa shape index (κ3) is 34.7. The van der Waals surface area contributed by atoms with Crippen LogP contribution in [0, 0.1) is 0 Å². The summed E-state index contributed by atoms with van der Waals surface area (Å²) in [5, 5.41) is 23.7. The number of aliphatic hydroxyl groups excluding tert-OH is 1. The molecular weight excluding hydrogens is 803 g/mol. The van der Waals surface area contributed by atoms with Crippen molar-refractivity contribution in [2.45, 2.75) is 264 Å². The van der Waals surface area contributed by atoms with E-state index in [1.165, 1.54) is 120 Å². The van der Waals surface area contributed by atoms with Gasteiger partial charge in [-0.2, -0.15) is 0 Å². The standard InChI is InChI=1S/C54H101N3O7/c1-5-8-11-14-17-18-19-25-35-46-63-52(60)39-30-26-34-45-57(47-48(58)36-31-32-43-55-54(62)50-41-42-51(59)56(50)4)44-33-24-20-23-29-40-53(61)64-49(37-27-21-15-12-9-6-2)38-28-22-16-13-10-7-3/h41-42,48-49,58-59H,5-40,43-47H2,1-4H3,(H,55,62). The quantitative estimate of drug-likeness (QED) is 0.0435. The topological polar surface area (TPSA) is 130 Å². The van der Waals surface area contributed by atoms with Crippen molar-refractivity contribution >= 4 is 17.8 Å². The molecule has 1 amide bonds. The Kier molecular flexibility index (Phi) is 39.9. The van der Waals surface area contributed by atoms with E-state index >= 15 is 0 Å². The predicted octanol–water partition coefficient (Wildman–Crippen LogP) is 13.7. The molecule has 1 rings (SSSR count). The van der Waals surface area contributed by atoms with Gasteiger partial charge in [0, 0.05) is 39.0 Å². The molecule has 64 heavy (non-hydrogen) atoms. The number of aliphatic hydroxyl groups is 1. The van der Waals surface area contributed by atoms with E-state index in [0.717, 1.165) is 116 Å². The third-order valence-electron chi connectivity index (χ3n) is 12.8. The Bertz CT molecular complexity index is 1220. The van der Waals surface area contributed by atoms with Gasteiger partial charge in [-0.3, -0.25) is 14.4 Å². The number of hydrogen-bond donors (Lipinski definition) is 3. The number of aromatic hydroxyl groups is 1. The highest BCUT2D eigenvalue weighted by Gasteiger charge is 2.16. The largest absolute Gasteiger partial charge is 0.494 e. The fourth-order valence-electron chi connectivity index (χ4n) is 8.61. The Balaban J connectivity index is 2.44. The molecule has 3 N–H and O–H groups in total. The number of ether oxygens (including phenoxy) is 2. The molecule has 0 aliphatic rings. The average Bonchev–Trinajstić information content (AvgIpc) is 3.62. The molecule has 0 bridgehead atoms. The van der Waals surface area contributed by atoms with E-state index in [0.29, 0.717) is 44.7 Å². The zero-order valence-corrected chi connectivity index (χ0v) is 42.1. The number of rotatable bonds is 47. The van der Waals surface area contributed by atoms with Crippen molar-refractivity contribution in [2.75, 3.05) is 32.8 Å². The van der Waals surface area contributed by atoms with Crippen LogP contribution in [0.25, 0.3) is 0 Å². The smallest absolute Gasteiger partial charge is 0.306 e. The number of carbonyl (C=O) groups is 3. The zero-order chi connectivity index (χ0) is 46.7. The molecule has 0 aliphatic heterocycles. The number of aromatic nitrogens is 1. The Morgan fingerprint density at radius 3 is 1.56 bits per heavy atom. The third-order valence-corrected chi connectivity index (χ3v) is 12.8. The molecule has 1 aromatic heterocycles. The fourth-order valence-corrected chi connectivity index (χ4v) is 8.61. The van der Waals surface area contributed by atoms with Crippen LogP contribution in [0.2, 0.25) is 0 Å². The van der Waals surface area contributed by atoms with Gasteiger partial charge in [0.15, 0.2) is 5.88 Å². The minimum atomic E-state index is -0.450. The van der Waals surface area contributed by atoms with E-state index in [9.17, 15) is 24.6 Å². The van der Waals surface area contributed by atoms with Crippen LogP contribution in [0.15, 0.2) is 12.1 Å². The predicted molar refractivity (Wildman–Crippen MR) is 266 cm³/mol. The maximum absolute atomic E-state index is 12.9. The van der Waals surface area contributed by atoms with Crippen molar-refractivity contribution in [3.63, 3.8) is 0 Å². The molecule has 0 spiro atoms. The second-order valence-electron chi connectivity index (χ2n) is 18.9. The molecule has 0 saturated heterocycles. The molecule has 10 heteroatoms. The molecule has 0 fully saturated rings. The molecule has 0 saturated carbocycles. The lowest BCUT2D eigenvalue weighted by molar-refractivity contribution is -0.150. The van der Waals surface area contributed by atoms with E-state index in [-0.39, 0.29) is 29.8 Å². The lowest BCUT2D eigenvalue weighted by atomic mass is 10.0. The van der Waals surface area contributed by atoms with Crippen LogP contribution in [0.4, 0.5) is 0 Å². The molecule has 374 valence electrons. The van der Waals surface area contributed by atoms with Gasteiger partial charge in [0.2, 0.25) is 0 Å². The van der Waals surface area contributed by atoms with Crippen molar-refractivity contribution in [3.05, 3.63) is 17.8 Å². The summed E-state index contributed by atoms with van der Waals surface area (Å²) in [6, 6.07) is 3.11. The summed E-state index contributed by atoms with van der Waals surface area (Å²) >= 11 is 0. The number of nitrogens with one attached hydrogen (secondary N) is 1. The normalized spacial score (nSPS) is 12.0. The Morgan fingerprint density at radius 2 is 1.03 bits per heavy atom. The summed E-state index contributed by atoms with van der Waals surface area (Å²) in [5.41, 5.74) is 0.419. The SMILES string of the molecule is CCCCCCCCCCCOC(=O)CCCCCN(CCCCCCCC(=O)OC(CCCCCCCC)CCCCCCCC)CC(O)CCCCNC(=O)c1ccc(O)n1C. The highest BCUT2D eigenvalue weighted by molar-refractivity contribution is 5.93. The first-order valence-corrected chi connectivity index (χ1v) is 27.1. The van der Waals surface area contributed by atoms with Gasteiger partial charge in [-0.1, -0.05) is 162 Å². The lowest BCUT2D eigenvalue weighted by Gasteiger charge is -2.25. The maximum Gasteiger partial charge on any atom is 0.306 e. The zero-order valence-electron chi connectivity index (χ0n) is 42.1. The summed E-state index contributed by atoms with van der Waals surface area (Å²) < 4.78 is 13.0. The van der Waals surface area contributed by atoms with Crippen LogP contribution in [0.1, 0.15) is 262 Å². The summed E-state index contributed by atoms with van der Waals surface area (Å²) in [6.07, 6.45) is 39.0. The first kappa shape index (κ1) is 59.4. The number of amides is 1. The summed E-state index contributed by atoms with van der Waals surface area (Å²) in [7, 11) is 1.66. The number of nitrogens with zero attached hydrogens (tertiary/aromatic N) is 2. The minimum absolute atomic E-state index is 0.0204. The first-order valence-electron chi connectivity index (χ1n) is 27.1. The Hall–Kier alpha value is -2.59. The van der Waals surface area contributed by atoms with Crippen molar-refractivity contribution < 1.29 is 34.1 Å². The van der Waals surface area contributed by atoms with Gasteiger partial charge in [0.05, 0.1) is 12.7 Å². The lowest BCUT2D eigenvalue weighted by Crippen LogP contribution is -2.34. The van der Waals surface area contributed by atoms with Crippen LogP contribution in [0.5, 0.6) is 5.88 Å². The molecule has 1 atom stereocenters. The van der Waals surface area contributed by atoms with E-state index in [1.54, 1.807) is 13.1 Å². The molecular formula is C54H101N3O7.